The minimum atomic E-state index is -0.613. The standard InChI is InChI=1S/C17H17NO6S/c1-22-9-11-3-5-12(6-4-11)16(20)24-10-14(19)18-13-7-8-25-15(13)17(21)23-2/h3-8H,9-10H2,1-2H3,(H,18,19). The number of anilines is 1. The van der Waals surface area contributed by atoms with Gasteiger partial charge in [-0.25, -0.2) is 9.59 Å². The molecule has 25 heavy (non-hydrogen) atoms. The van der Waals surface area contributed by atoms with Crippen LogP contribution in [-0.4, -0.2) is 38.7 Å². The van der Waals surface area contributed by atoms with E-state index < -0.39 is 24.5 Å². The average Bonchev–Trinajstić information content (AvgIpc) is 3.08. The maximum Gasteiger partial charge on any atom is 0.350 e. The molecule has 2 rings (SSSR count). The van der Waals surface area contributed by atoms with Gasteiger partial charge < -0.3 is 19.5 Å². The zero-order chi connectivity index (χ0) is 18.2. The topological polar surface area (TPSA) is 90.9 Å². The zero-order valence-corrected chi connectivity index (χ0v) is 14.6. The van der Waals surface area contributed by atoms with Gasteiger partial charge in [-0.1, -0.05) is 12.1 Å². The molecule has 0 atom stereocenters. The number of ether oxygens (including phenoxy) is 3. The number of methoxy groups -OCH3 is 2. The number of nitrogens with one attached hydrogen (secondary N) is 1. The Morgan fingerprint density at radius 3 is 2.40 bits per heavy atom. The van der Waals surface area contributed by atoms with Crippen LogP contribution in [0.1, 0.15) is 25.6 Å². The number of rotatable bonds is 7. The third kappa shape index (κ3) is 5.13. The molecule has 1 amide bonds. The van der Waals surface area contributed by atoms with E-state index in [-0.39, 0.29) is 4.88 Å². The van der Waals surface area contributed by atoms with Gasteiger partial charge in [0.1, 0.15) is 4.88 Å². The van der Waals surface area contributed by atoms with Crippen LogP contribution in [0, 0.1) is 0 Å². The summed E-state index contributed by atoms with van der Waals surface area (Å²) in [4.78, 5) is 35.7. The lowest BCUT2D eigenvalue weighted by atomic mass is 10.1. The average molecular weight is 363 g/mol. The lowest BCUT2D eigenvalue weighted by Crippen LogP contribution is -2.21. The van der Waals surface area contributed by atoms with E-state index in [0.717, 1.165) is 16.9 Å². The number of carbonyl (C=O) groups excluding carboxylic acids is 3. The number of amides is 1. The zero-order valence-electron chi connectivity index (χ0n) is 13.7. The number of esters is 2. The molecule has 0 saturated heterocycles. The van der Waals surface area contributed by atoms with E-state index in [1.54, 1.807) is 42.8 Å². The summed E-state index contributed by atoms with van der Waals surface area (Å²) < 4.78 is 14.6. The van der Waals surface area contributed by atoms with Crippen molar-refractivity contribution in [3.63, 3.8) is 0 Å². The van der Waals surface area contributed by atoms with Crippen LogP contribution in [0.5, 0.6) is 0 Å². The minimum absolute atomic E-state index is 0.274. The quantitative estimate of drug-likeness (QED) is 0.760. The Bertz CT molecular complexity index is 753. The Morgan fingerprint density at radius 1 is 1.04 bits per heavy atom. The van der Waals surface area contributed by atoms with Crippen molar-refractivity contribution in [2.24, 2.45) is 0 Å². The minimum Gasteiger partial charge on any atom is -0.465 e. The summed E-state index contributed by atoms with van der Waals surface area (Å²) in [7, 11) is 2.84. The second-order valence-electron chi connectivity index (χ2n) is 4.91. The molecule has 8 heteroatoms. The maximum atomic E-state index is 11.9. The summed E-state index contributed by atoms with van der Waals surface area (Å²) in [6.07, 6.45) is 0. The van der Waals surface area contributed by atoms with Gasteiger partial charge in [-0.3, -0.25) is 4.79 Å². The Morgan fingerprint density at radius 2 is 1.76 bits per heavy atom. The molecule has 2 aromatic rings. The van der Waals surface area contributed by atoms with E-state index in [1.165, 1.54) is 7.11 Å². The molecule has 0 aliphatic rings. The van der Waals surface area contributed by atoms with Crippen molar-refractivity contribution in [2.45, 2.75) is 6.61 Å². The van der Waals surface area contributed by atoms with Crippen LogP contribution in [0.3, 0.4) is 0 Å². The van der Waals surface area contributed by atoms with E-state index in [2.05, 4.69) is 10.1 Å². The molecule has 0 aliphatic heterocycles. The third-order valence-corrected chi connectivity index (χ3v) is 4.04. The van der Waals surface area contributed by atoms with Crippen molar-refractivity contribution in [1.29, 1.82) is 0 Å². The molecule has 0 saturated carbocycles. The molecule has 1 N–H and O–H groups in total. The van der Waals surface area contributed by atoms with Crippen molar-refractivity contribution in [2.75, 3.05) is 26.1 Å². The molecule has 132 valence electrons. The van der Waals surface area contributed by atoms with Gasteiger partial charge in [-0.05, 0) is 29.1 Å². The molecule has 0 aliphatic carbocycles. The van der Waals surface area contributed by atoms with Gasteiger partial charge in [-0.15, -0.1) is 11.3 Å². The van der Waals surface area contributed by atoms with E-state index >= 15 is 0 Å². The first-order chi connectivity index (χ1) is 12.0. The van der Waals surface area contributed by atoms with Gasteiger partial charge in [0.25, 0.3) is 5.91 Å². The predicted molar refractivity (Wildman–Crippen MR) is 91.7 cm³/mol. The molecular weight excluding hydrogens is 346 g/mol. The monoisotopic (exact) mass is 363 g/mol. The first kappa shape index (κ1) is 18.6. The molecule has 7 nitrogen and oxygen atoms in total. The number of carbonyl (C=O) groups is 3. The van der Waals surface area contributed by atoms with Crippen LogP contribution < -0.4 is 5.32 Å². The van der Waals surface area contributed by atoms with Gasteiger partial charge >= 0.3 is 11.9 Å². The fourth-order valence-electron chi connectivity index (χ4n) is 1.96. The van der Waals surface area contributed by atoms with Gasteiger partial charge in [0.05, 0.1) is 25.0 Å². The molecular formula is C17H17NO6S. The molecule has 0 fully saturated rings. The molecule has 1 aromatic heterocycles. The van der Waals surface area contributed by atoms with Crippen molar-refractivity contribution < 1.29 is 28.6 Å². The van der Waals surface area contributed by atoms with Crippen molar-refractivity contribution in [3.8, 4) is 0 Å². The van der Waals surface area contributed by atoms with Gasteiger partial charge in [0.2, 0.25) is 0 Å². The van der Waals surface area contributed by atoms with E-state index in [1.807, 2.05) is 0 Å². The van der Waals surface area contributed by atoms with E-state index in [0.29, 0.717) is 17.9 Å². The molecule has 0 radical (unpaired) electrons. The number of benzene rings is 1. The molecule has 0 spiro atoms. The lowest BCUT2D eigenvalue weighted by Gasteiger charge is -2.07. The lowest BCUT2D eigenvalue weighted by molar-refractivity contribution is -0.119. The van der Waals surface area contributed by atoms with Crippen LogP contribution in [0.2, 0.25) is 0 Å². The first-order valence-electron chi connectivity index (χ1n) is 7.25. The molecule has 1 aromatic carbocycles. The maximum absolute atomic E-state index is 11.9. The summed E-state index contributed by atoms with van der Waals surface area (Å²) in [5.74, 6) is -1.70. The van der Waals surface area contributed by atoms with Crippen LogP contribution >= 0.6 is 11.3 Å². The van der Waals surface area contributed by atoms with Gasteiger partial charge in [0.15, 0.2) is 6.61 Å². The van der Waals surface area contributed by atoms with Gasteiger partial charge in [-0.2, -0.15) is 0 Å². The molecule has 0 unspecified atom stereocenters. The van der Waals surface area contributed by atoms with Crippen LogP contribution in [0.25, 0.3) is 0 Å². The Labute approximate surface area is 148 Å². The van der Waals surface area contributed by atoms with E-state index in [4.69, 9.17) is 9.47 Å². The van der Waals surface area contributed by atoms with E-state index in [9.17, 15) is 14.4 Å². The Kier molecular flexibility index (Phi) is 6.67. The summed E-state index contributed by atoms with van der Waals surface area (Å²) in [5.41, 5.74) is 1.57. The Hall–Kier alpha value is -2.71. The highest BCUT2D eigenvalue weighted by atomic mass is 32.1. The highest BCUT2D eigenvalue weighted by Gasteiger charge is 2.16. The largest absolute Gasteiger partial charge is 0.465 e. The van der Waals surface area contributed by atoms with Crippen molar-refractivity contribution >= 4 is 34.9 Å². The fourth-order valence-corrected chi connectivity index (χ4v) is 2.73. The highest BCUT2D eigenvalue weighted by molar-refractivity contribution is 7.12. The summed E-state index contributed by atoms with van der Waals surface area (Å²) in [6, 6.07) is 8.26. The first-order valence-corrected chi connectivity index (χ1v) is 8.13. The van der Waals surface area contributed by atoms with Crippen molar-refractivity contribution in [3.05, 3.63) is 51.7 Å². The van der Waals surface area contributed by atoms with Crippen molar-refractivity contribution in [1.82, 2.24) is 0 Å². The normalized spacial score (nSPS) is 10.2. The number of hydrogen-bond acceptors (Lipinski definition) is 7. The SMILES string of the molecule is COCc1ccc(C(=O)OCC(=O)Nc2ccsc2C(=O)OC)cc1. The summed E-state index contributed by atoms with van der Waals surface area (Å²) >= 11 is 1.14. The Balaban J connectivity index is 1.88. The van der Waals surface area contributed by atoms with Crippen LogP contribution in [0.15, 0.2) is 35.7 Å². The summed E-state index contributed by atoms with van der Waals surface area (Å²) in [5, 5.41) is 4.16. The fraction of sp³-hybridized carbons (Fsp3) is 0.235. The third-order valence-electron chi connectivity index (χ3n) is 3.15. The van der Waals surface area contributed by atoms with Gasteiger partial charge in [0, 0.05) is 7.11 Å². The number of hydrogen-bond donors (Lipinski definition) is 1. The van der Waals surface area contributed by atoms with Crippen LogP contribution in [-0.2, 0) is 25.6 Å². The second-order valence-corrected chi connectivity index (χ2v) is 5.83. The highest BCUT2D eigenvalue weighted by Crippen LogP contribution is 2.23. The van der Waals surface area contributed by atoms with Crippen LogP contribution in [0.4, 0.5) is 5.69 Å². The second kappa shape index (κ2) is 8.95. The smallest absolute Gasteiger partial charge is 0.350 e. The number of thiophene rings is 1. The summed E-state index contributed by atoms with van der Waals surface area (Å²) in [6.45, 7) is -0.0178. The molecule has 0 bridgehead atoms. The predicted octanol–water partition coefficient (Wildman–Crippen LogP) is 2.48. The molecule has 1 heterocycles.